The van der Waals surface area contributed by atoms with Crippen LogP contribution in [-0.2, 0) is 0 Å². The summed E-state index contributed by atoms with van der Waals surface area (Å²) in [5.41, 5.74) is 8.61. The highest BCUT2D eigenvalue weighted by molar-refractivity contribution is 5.87. The van der Waals surface area contributed by atoms with Gasteiger partial charge in [-0.25, -0.2) is 0 Å². The Labute approximate surface area is 120 Å². The highest BCUT2D eigenvalue weighted by atomic mass is 16.5. The molecule has 2 atom stereocenters. The molecule has 0 bridgehead atoms. The quantitative estimate of drug-likeness (QED) is 0.836. The molecule has 3 nitrogen and oxygen atoms in total. The number of ether oxygens (including phenoxy) is 1. The number of benzene rings is 1. The minimum Gasteiger partial charge on any atom is -0.489 e. The van der Waals surface area contributed by atoms with Gasteiger partial charge in [0.05, 0.1) is 5.52 Å². The first kappa shape index (κ1) is 13.2. The molecule has 2 aromatic rings. The minimum absolute atomic E-state index is 0.315. The van der Waals surface area contributed by atoms with Crippen LogP contribution in [0.2, 0.25) is 0 Å². The summed E-state index contributed by atoms with van der Waals surface area (Å²) in [6, 6.07) is 7.85. The standard InChI is InChI=1S/C17H22N2O/c1-11-5-3-4-6-16(11)20-17-9-12(2)19-15-8-7-13(18)10-14(15)17/h7-11,16H,3-6,18H2,1-2H3. The second kappa shape index (κ2) is 5.31. The van der Waals surface area contributed by atoms with Gasteiger partial charge in [0.25, 0.3) is 0 Å². The molecule has 0 saturated heterocycles. The molecule has 106 valence electrons. The Morgan fingerprint density at radius 2 is 2.00 bits per heavy atom. The first-order valence-electron chi connectivity index (χ1n) is 7.47. The van der Waals surface area contributed by atoms with Crippen molar-refractivity contribution in [2.24, 2.45) is 5.92 Å². The van der Waals surface area contributed by atoms with E-state index in [0.29, 0.717) is 12.0 Å². The van der Waals surface area contributed by atoms with Gasteiger partial charge in [-0.1, -0.05) is 13.3 Å². The lowest BCUT2D eigenvalue weighted by molar-refractivity contribution is 0.104. The van der Waals surface area contributed by atoms with E-state index >= 15 is 0 Å². The van der Waals surface area contributed by atoms with Crippen LogP contribution in [-0.4, -0.2) is 11.1 Å². The van der Waals surface area contributed by atoms with E-state index in [1.165, 1.54) is 19.3 Å². The lowest BCUT2D eigenvalue weighted by atomic mass is 9.88. The van der Waals surface area contributed by atoms with E-state index in [0.717, 1.165) is 34.5 Å². The summed E-state index contributed by atoms with van der Waals surface area (Å²) in [7, 11) is 0. The van der Waals surface area contributed by atoms with E-state index in [1.807, 2.05) is 31.2 Å². The van der Waals surface area contributed by atoms with Gasteiger partial charge in [0.1, 0.15) is 11.9 Å². The van der Waals surface area contributed by atoms with Crippen LogP contribution in [0, 0.1) is 12.8 Å². The zero-order valence-electron chi connectivity index (χ0n) is 12.2. The molecule has 2 N–H and O–H groups in total. The number of aryl methyl sites for hydroxylation is 1. The van der Waals surface area contributed by atoms with Gasteiger partial charge in [0.2, 0.25) is 0 Å². The van der Waals surface area contributed by atoms with Crippen LogP contribution in [0.5, 0.6) is 5.75 Å². The van der Waals surface area contributed by atoms with Gasteiger partial charge >= 0.3 is 0 Å². The maximum absolute atomic E-state index is 6.32. The molecule has 1 aromatic heterocycles. The van der Waals surface area contributed by atoms with Crippen molar-refractivity contribution in [3.63, 3.8) is 0 Å². The Kier molecular flexibility index (Phi) is 3.51. The third kappa shape index (κ3) is 2.58. The zero-order chi connectivity index (χ0) is 14.1. The number of pyridine rings is 1. The molecule has 1 saturated carbocycles. The molecular weight excluding hydrogens is 248 g/mol. The Bertz CT molecular complexity index is 624. The van der Waals surface area contributed by atoms with Crippen LogP contribution >= 0.6 is 0 Å². The molecule has 1 aliphatic rings. The van der Waals surface area contributed by atoms with Gasteiger partial charge in [0, 0.05) is 22.8 Å². The Morgan fingerprint density at radius 3 is 2.80 bits per heavy atom. The first-order valence-corrected chi connectivity index (χ1v) is 7.47. The first-order chi connectivity index (χ1) is 9.63. The number of nitrogens with two attached hydrogens (primary N) is 1. The van der Waals surface area contributed by atoms with Crippen LogP contribution in [0.3, 0.4) is 0 Å². The number of anilines is 1. The normalized spacial score (nSPS) is 22.9. The van der Waals surface area contributed by atoms with Crippen molar-refractivity contribution in [2.75, 3.05) is 5.73 Å². The molecule has 1 aromatic carbocycles. The van der Waals surface area contributed by atoms with E-state index in [-0.39, 0.29) is 0 Å². The van der Waals surface area contributed by atoms with Crippen LogP contribution in [0.1, 0.15) is 38.3 Å². The van der Waals surface area contributed by atoms with E-state index < -0.39 is 0 Å². The molecule has 2 unspecified atom stereocenters. The number of rotatable bonds is 2. The summed E-state index contributed by atoms with van der Waals surface area (Å²) in [4.78, 5) is 4.55. The molecule has 1 fully saturated rings. The van der Waals surface area contributed by atoms with Gasteiger partial charge in [-0.3, -0.25) is 4.98 Å². The summed E-state index contributed by atoms with van der Waals surface area (Å²) in [6.07, 6.45) is 5.31. The highest BCUT2D eigenvalue weighted by Gasteiger charge is 2.23. The van der Waals surface area contributed by atoms with Crippen molar-refractivity contribution in [1.82, 2.24) is 4.98 Å². The lowest BCUT2D eigenvalue weighted by Crippen LogP contribution is -2.28. The number of nitrogens with zero attached hydrogens (tertiary/aromatic N) is 1. The van der Waals surface area contributed by atoms with E-state index in [4.69, 9.17) is 10.5 Å². The van der Waals surface area contributed by atoms with E-state index in [9.17, 15) is 0 Å². The molecule has 0 aliphatic heterocycles. The molecule has 3 heteroatoms. The monoisotopic (exact) mass is 270 g/mol. The van der Waals surface area contributed by atoms with E-state index in [2.05, 4.69) is 11.9 Å². The molecule has 1 aliphatic carbocycles. The summed E-state index contributed by atoms with van der Waals surface area (Å²) < 4.78 is 6.32. The molecule has 0 spiro atoms. The highest BCUT2D eigenvalue weighted by Crippen LogP contribution is 2.32. The van der Waals surface area contributed by atoms with Gasteiger partial charge in [-0.2, -0.15) is 0 Å². The maximum Gasteiger partial charge on any atom is 0.131 e. The average Bonchev–Trinajstić information content (AvgIpc) is 2.42. The van der Waals surface area contributed by atoms with Gasteiger partial charge in [-0.15, -0.1) is 0 Å². The number of fused-ring (bicyclic) bond motifs is 1. The SMILES string of the molecule is Cc1cc(OC2CCCCC2C)c2cc(N)ccc2n1. The number of nitrogen functional groups attached to an aromatic ring is 1. The van der Waals surface area contributed by atoms with Crippen molar-refractivity contribution in [3.8, 4) is 5.75 Å². The minimum atomic E-state index is 0.315. The van der Waals surface area contributed by atoms with Crippen LogP contribution in [0.15, 0.2) is 24.3 Å². The number of hydrogen-bond donors (Lipinski definition) is 1. The summed E-state index contributed by atoms with van der Waals surface area (Å²) in [5.74, 6) is 1.55. The summed E-state index contributed by atoms with van der Waals surface area (Å²) in [6.45, 7) is 4.29. The number of aromatic nitrogens is 1. The van der Waals surface area contributed by atoms with Gasteiger partial charge < -0.3 is 10.5 Å². The Morgan fingerprint density at radius 1 is 1.20 bits per heavy atom. The average molecular weight is 270 g/mol. The van der Waals surface area contributed by atoms with Crippen molar-refractivity contribution >= 4 is 16.6 Å². The maximum atomic E-state index is 6.32. The third-order valence-corrected chi connectivity index (χ3v) is 4.23. The van der Waals surface area contributed by atoms with Gasteiger partial charge in [0.15, 0.2) is 0 Å². The predicted octanol–water partition coefficient (Wildman–Crippen LogP) is 4.08. The lowest BCUT2D eigenvalue weighted by Gasteiger charge is -2.29. The number of hydrogen-bond acceptors (Lipinski definition) is 3. The smallest absolute Gasteiger partial charge is 0.131 e. The fraction of sp³-hybridized carbons (Fsp3) is 0.471. The summed E-state index contributed by atoms with van der Waals surface area (Å²) >= 11 is 0. The molecule has 1 heterocycles. The second-order valence-electron chi connectivity index (χ2n) is 5.96. The van der Waals surface area contributed by atoms with Crippen LogP contribution in [0.4, 0.5) is 5.69 Å². The zero-order valence-corrected chi connectivity index (χ0v) is 12.2. The van der Waals surface area contributed by atoms with E-state index in [1.54, 1.807) is 0 Å². The van der Waals surface area contributed by atoms with Crippen molar-refractivity contribution in [3.05, 3.63) is 30.0 Å². The van der Waals surface area contributed by atoms with Crippen LogP contribution < -0.4 is 10.5 Å². The van der Waals surface area contributed by atoms with Gasteiger partial charge in [-0.05, 0) is 50.3 Å². The molecule has 0 amide bonds. The van der Waals surface area contributed by atoms with Crippen molar-refractivity contribution in [1.29, 1.82) is 0 Å². The largest absolute Gasteiger partial charge is 0.489 e. The molecule has 0 radical (unpaired) electrons. The fourth-order valence-electron chi connectivity index (χ4n) is 3.06. The third-order valence-electron chi connectivity index (χ3n) is 4.23. The topological polar surface area (TPSA) is 48.1 Å². The van der Waals surface area contributed by atoms with Crippen LogP contribution in [0.25, 0.3) is 10.9 Å². The summed E-state index contributed by atoms with van der Waals surface area (Å²) in [5, 5.41) is 1.02. The van der Waals surface area contributed by atoms with Crippen molar-refractivity contribution < 1.29 is 4.74 Å². The molecule has 20 heavy (non-hydrogen) atoms. The molecule has 3 rings (SSSR count). The second-order valence-corrected chi connectivity index (χ2v) is 5.96. The fourth-order valence-corrected chi connectivity index (χ4v) is 3.06. The van der Waals surface area contributed by atoms with Crippen molar-refractivity contribution in [2.45, 2.75) is 45.6 Å². The predicted molar refractivity (Wildman–Crippen MR) is 82.9 cm³/mol. The Balaban J connectivity index is 1.99. The molecular formula is C17H22N2O. The Hall–Kier alpha value is -1.77.